The molecule has 0 saturated heterocycles. The summed E-state index contributed by atoms with van der Waals surface area (Å²) in [6.45, 7) is 1.27. The zero-order chi connectivity index (χ0) is 17.6. The maximum absolute atomic E-state index is 12.6. The first-order valence-electron chi connectivity index (χ1n) is 8.37. The van der Waals surface area contributed by atoms with Crippen molar-refractivity contribution in [3.05, 3.63) is 34.9 Å². The van der Waals surface area contributed by atoms with Crippen molar-refractivity contribution < 1.29 is 4.79 Å². The van der Waals surface area contributed by atoms with Crippen molar-refractivity contribution in [1.29, 1.82) is 0 Å². The highest BCUT2D eigenvalue weighted by atomic mass is 35.5. The molecule has 1 aromatic rings. The summed E-state index contributed by atoms with van der Waals surface area (Å²) >= 11 is 5.90. The molecule has 5 nitrogen and oxygen atoms in total. The molecule has 0 bridgehead atoms. The van der Waals surface area contributed by atoms with Gasteiger partial charge in [0.2, 0.25) is 5.91 Å². The monoisotopic (exact) mass is 350 g/mol. The lowest BCUT2D eigenvalue weighted by molar-refractivity contribution is -0.138. The fourth-order valence-electron chi connectivity index (χ4n) is 3.25. The Morgan fingerprint density at radius 2 is 1.83 bits per heavy atom. The molecule has 0 spiro atoms. The van der Waals surface area contributed by atoms with E-state index in [1.165, 1.54) is 0 Å². The molecule has 132 valence electrons. The summed E-state index contributed by atoms with van der Waals surface area (Å²) < 4.78 is 0. The van der Waals surface area contributed by atoms with Gasteiger partial charge in [-0.1, -0.05) is 36.6 Å². The Balaban J connectivity index is 1.92. The van der Waals surface area contributed by atoms with E-state index in [2.05, 4.69) is 15.6 Å². The van der Waals surface area contributed by atoms with Gasteiger partial charge < -0.3 is 15.5 Å². The molecule has 0 aliphatic heterocycles. The highest BCUT2D eigenvalue weighted by Gasteiger charge is 2.42. The normalized spacial score (nSPS) is 16.8. The van der Waals surface area contributed by atoms with Crippen LogP contribution in [0.3, 0.4) is 0 Å². The van der Waals surface area contributed by atoms with Crippen molar-refractivity contribution in [2.45, 2.75) is 32.2 Å². The van der Waals surface area contributed by atoms with Crippen LogP contribution in [0.15, 0.2) is 29.3 Å². The van der Waals surface area contributed by atoms with Gasteiger partial charge in [-0.05, 0) is 30.5 Å². The van der Waals surface area contributed by atoms with E-state index in [1.54, 1.807) is 11.9 Å². The summed E-state index contributed by atoms with van der Waals surface area (Å²) in [4.78, 5) is 18.6. The predicted molar refractivity (Wildman–Crippen MR) is 99.2 cm³/mol. The lowest BCUT2D eigenvalue weighted by Gasteiger charge is -2.31. The van der Waals surface area contributed by atoms with Gasteiger partial charge in [-0.2, -0.15) is 0 Å². The quantitative estimate of drug-likeness (QED) is 0.634. The minimum atomic E-state index is -0.304. The van der Waals surface area contributed by atoms with Gasteiger partial charge in [-0.15, -0.1) is 0 Å². The Labute approximate surface area is 149 Å². The average Bonchev–Trinajstić information content (AvgIpc) is 3.06. The molecule has 1 aliphatic carbocycles. The van der Waals surface area contributed by atoms with Crippen LogP contribution >= 0.6 is 11.6 Å². The van der Waals surface area contributed by atoms with Crippen molar-refractivity contribution >= 4 is 23.5 Å². The fourth-order valence-corrected chi connectivity index (χ4v) is 3.38. The van der Waals surface area contributed by atoms with Crippen LogP contribution in [0.5, 0.6) is 0 Å². The summed E-state index contributed by atoms with van der Waals surface area (Å²) in [6.07, 6.45) is 4.09. The molecule has 0 atom stereocenters. The molecular formula is C18H27ClN4O. The first-order chi connectivity index (χ1) is 11.5. The number of carbonyl (C=O) groups excluding carboxylic acids is 1. The topological polar surface area (TPSA) is 56.7 Å². The van der Waals surface area contributed by atoms with Crippen molar-refractivity contribution in [2.75, 3.05) is 27.7 Å². The summed E-state index contributed by atoms with van der Waals surface area (Å²) in [5.41, 5.74) is 0.823. The van der Waals surface area contributed by atoms with Crippen molar-refractivity contribution in [3.63, 3.8) is 0 Å². The predicted octanol–water partition coefficient (Wildman–Crippen LogP) is 2.65. The third-order valence-electron chi connectivity index (χ3n) is 4.61. The smallest absolute Gasteiger partial charge is 0.230 e. The molecule has 2 rings (SSSR count). The molecule has 0 radical (unpaired) electrons. The number of nitrogens with zero attached hydrogens (tertiary/aromatic N) is 2. The van der Waals surface area contributed by atoms with E-state index in [-0.39, 0.29) is 11.3 Å². The summed E-state index contributed by atoms with van der Waals surface area (Å²) in [7, 11) is 5.40. The Bertz CT molecular complexity index is 577. The van der Waals surface area contributed by atoms with Crippen molar-refractivity contribution in [2.24, 2.45) is 10.4 Å². The van der Waals surface area contributed by atoms with E-state index in [0.717, 1.165) is 36.3 Å². The SMILES string of the molecule is CN=C(NCc1ccc(Cl)cc1)NCC1(C(=O)N(C)C)CCCC1. The molecular weight excluding hydrogens is 324 g/mol. The van der Waals surface area contributed by atoms with Gasteiger partial charge in [0.25, 0.3) is 0 Å². The molecule has 1 saturated carbocycles. The number of nitrogens with one attached hydrogen (secondary N) is 2. The van der Waals surface area contributed by atoms with E-state index >= 15 is 0 Å². The van der Waals surface area contributed by atoms with Gasteiger partial charge in [0.15, 0.2) is 5.96 Å². The lowest BCUT2D eigenvalue weighted by atomic mass is 9.84. The fraction of sp³-hybridized carbons (Fsp3) is 0.556. The van der Waals surface area contributed by atoms with E-state index < -0.39 is 0 Å². The number of aliphatic imine (C=N–C) groups is 1. The second kappa shape index (κ2) is 8.38. The van der Waals surface area contributed by atoms with E-state index in [9.17, 15) is 4.79 Å². The molecule has 1 aromatic carbocycles. The van der Waals surface area contributed by atoms with Crippen LogP contribution in [-0.2, 0) is 11.3 Å². The van der Waals surface area contributed by atoms with E-state index in [0.29, 0.717) is 19.0 Å². The van der Waals surface area contributed by atoms with Crippen molar-refractivity contribution in [1.82, 2.24) is 15.5 Å². The van der Waals surface area contributed by atoms with Gasteiger partial charge in [0, 0.05) is 39.3 Å². The van der Waals surface area contributed by atoms with Crippen LogP contribution in [0, 0.1) is 5.41 Å². The number of guanidine groups is 1. The molecule has 2 N–H and O–H groups in total. The molecule has 1 fully saturated rings. The maximum Gasteiger partial charge on any atom is 0.230 e. The van der Waals surface area contributed by atoms with Gasteiger partial charge >= 0.3 is 0 Å². The standard InChI is InChI=1S/C18H27ClN4O/c1-20-17(21-12-14-6-8-15(19)9-7-14)22-13-18(10-4-5-11-18)16(24)23(2)3/h6-9H,4-5,10-13H2,1-3H3,(H2,20,21,22). The first kappa shape index (κ1) is 18.6. The number of halogens is 1. The number of benzene rings is 1. The van der Waals surface area contributed by atoms with Crippen LogP contribution < -0.4 is 10.6 Å². The van der Waals surface area contributed by atoms with Gasteiger partial charge in [-0.25, -0.2) is 0 Å². The zero-order valence-electron chi connectivity index (χ0n) is 14.7. The largest absolute Gasteiger partial charge is 0.355 e. The van der Waals surface area contributed by atoms with Gasteiger partial charge in [0.1, 0.15) is 0 Å². The average molecular weight is 351 g/mol. The number of hydrogen-bond acceptors (Lipinski definition) is 2. The third-order valence-corrected chi connectivity index (χ3v) is 4.86. The van der Waals surface area contributed by atoms with E-state index in [1.807, 2.05) is 38.4 Å². The number of rotatable bonds is 5. The molecule has 1 aliphatic rings. The van der Waals surface area contributed by atoms with Crippen LogP contribution in [0.1, 0.15) is 31.2 Å². The van der Waals surface area contributed by atoms with Crippen molar-refractivity contribution in [3.8, 4) is 0 Å². The number of amides is 1. The summed E-state index contributed by atoms with van der Waals surface area (Å²) in [5.74, 6) is 0.920. The maximum atomic E-state index is 12.6. The zero-order valence-corrected chi connectivity index (χ0v) is 15.5. The highest BCUT2D eigenvalue weighted by molar-refractivity contribution is 6.30. The highest BCUT2D eigenvalue weighted by Crippen LogP contribution is 2.38. The van der Waals surface area contributed by atoms with Gasteiger partial charge in [-0.3, -0.25) is 9.79 Å². The molecule has 1 amide bonds. The van der Waals surface area contributed by atoms with Crippen LogP contribution in [0.2, 0.25) is 5.02 Å². The Hall–Kier alpha value is -1.75. The Morgan fingerprint density at radius 1 is 1.21 bits per heavy atom. The minimum Gasteiger partial charge on any atom is -0.355 e. The molecule has 24 heavy (non-hydrogen) atoms. The molecule has 0 unspecified atom stereocenters. The molecule has 0 aromatic heterocycles. The van der Waals surface area contributed by atoms with Crippen LogP contribution in [-0.4, -0.2) is 44.5 Å². The summed E-state index contributed by atoms with van der Waals surface area (Å²) in [5, 5.41) is 7.35. The number of carbonyl (C=O) groups is 1. The Morgan fingerprint density at radius 3 is 2.38 bits per heavy atom. The van der Waals surface area contributed by atoms with E-state index in [4.69, 9.17) is 11.6 Å². The molecule has 6 heteroatoms. The lowest BCUT2D eigenvalue weighted by Crippen LogP contribution is -2.49. The van der Waals surface area contributed by atoms with Crippen LogP contribution in [0.4, 0.5) is 0 Å². The Kier molecular flexibility index (Phi) is 6.49. The number of hydrogen-bond donors (Lipinski definition) is 2. The first-order valence-corrected chi connectivity index (χ1v) is 8.75. The third kappa shape index (κ3) is 4.63. The summed E-state index contributed by atoms with van der Waals surface area (Å²) in [6, 6.07) is 7.71. The molecule has 0 heterocycles. The minimum absolute atomic E-state index is 0.209. The van der Waals surface area contributed by atoms with Gasteiger partial charge in [0.05, 0.1) is 5.41 Å². The second-order valence-corrected chi connectivity index (χ2v) is 7.03. The van der Waals surface area contributed by atoms with Crippen LogP contribution in [0.25, 0.3) is 0 Å². The second-order valence-electron chi connectivity index (χ2n) is 6.59.